The van der Waals surface area contributed by atoms with Gasteiger partial charge in [0.1, 0.15) is 6.04 Å². The quantitative estimate of drug-likeness (QED) is 0.405. The van der Waals surface area contributed by atoms with Crippen LogP contribution in [0.1, 0.15) is 82.6 Å². The molecule has 11 heteroatoms. The topological polar surface area (TPSA) is 126 Å². The average molecular weight is 573 g/mol. The number of carbonyl (C=O) groups excluding carboxylic acids is 4. The normalized spacial score (nSPS) is 23.9. The number of nitrogens with zero attached hydrogens (tertiary/aromatic N) is 4. The minimum Gasteiger partial charge on any atom is -0.385 e. The molecular weight excluding hydrogens is 544 g/mol. The second-order valence-electron chi connectivity index (χ2n) is 11.5. The van der Waals surface area contributed by atoms with Crippen molar-refractivity contribution in [2.45, 2.75) is 63.5 Å². The number of hydrogen-bond acceptors (Lipinski definition) is 7. The van der Waals surface area contributed by atoms with Gasteiger partial charge in [-0.1, -0.05) is 11.6 Å². The Morgan fingerprint density at radius 1 is 1.00 bits per heavy atom. The summed E-state index contributed by atoms with van der Waals surface area (Å²) in [5, 5.41) is 11.3. The van der Waals surface area contributed by atoms with Gasteiger partial charge in [0, 0.05) is 36.3 Å². The number of hydrogen-bond donors (Lipinski definition) is 2. The van der Waals surface area contributed by atoms with Crippen molar-refractivity contribution in [1.82, 2.24) is 25.0 Å². The van der Waals surface area contributed by atoms with Crippen molar-refractivity contribution in [2.24, 2.45) is 5.92 Å². The molecule has 2 aliphatic heterocycles. The van der Waals surface area contributed by atoms with E-state index >= 15 is 0 Å². The zero-order valence-corrected chi connectivity index (χ0v) is 23.3. The molecular formula is C30H29ClN6O4. The number of pyridine rings is 1. The Hall–Kier alpha value is -4.05. The highest BCUT2D eigenvalue weighted by molar-refractivity contribution is 6.31. The van der Waals surface area contributed by atoms with Crippen molar-refractivity contribution in [2.75, 3.05) is 11.9 Å². The van der Waals surface area contributed by atoms with E-state index < -0.39 is 29.7 Å². The van der Waals surface area contributed by atoms with Crippen LogP contribution < -0.4 is 10.6 Å². The van der Waals surface area contributed by atoms with Crippen LogP contribution in [-0.2, 0) is 9.59 Å². The first-order valence-electron chi connectivity index (χ1n) is 14.1. The van der Waals surface area contributed by atoms with Crippen LogP contribution >= 0.6 is 11.6 Å². The van der Waals surface area contributed by atoms with Crippen LogP contribution in [-0.4, -0.2) is 55.9 Å². The number of rotatable bonds is 7. The summed E-state index contributed by atoms with van der Waals surface area (Å²) in [5.74, 6) is -1.06. The van der Waals surface area contributed by atoms with Gasteiger partial charge in [0.15, 0.2) is 0 Å². The minimum atomic E-state index is -0.967. The van der Waals surface area contributed by atoms with Gasteiger partial charge >= 0.3 is 0 Å². The van der Waals surface area contributed by atoms with E-state index in [4.69, 9.17) is 21.7 Å². The van der Waals surface area contributed by atoms with Gasteiger partial charge in [0.25, 0.3) is 11.8 Å². The first kappa shape index (κ1) is 25.9. The van der Waals surface area contributed by atoms with Crippen molar-refractivity contribution < 1.29 is 19.2 Å². The van der Waals surface area contributed by atoms with Crippen LogP contribution in [0.4, 0.5) is 5.69 Å². The molecule has 2 aromatic heterocycles. The second kappa shape index (κ2) is 9.80. The number of benzene rings is 1. The van der Waals surface area contributed by atoms with E-state index in [2.05, 4.69) is 21.5 Å². The molecule has 7 rings (SSSR count). The summed E-state index contributed by atoms with van der Waals surface area (Å²) in [6, 6.07) is 8.32. The number of fused-ring (bicyclic) bond motifs is 1. The van der Waals surface area contributed by atoms with Gasteiger partial charge in [-0.15, -0.1) is 0 Å². The lowest BCUT2D eigenvalue weighted by molar-refractivity contribution is -0.136. The van der Waals surface area contributed by atoms with Crippen molar-refractivity contribution in [1.29, 1.82) is 0 Å². The molecule has 4 heterocycles. The Bertz CT molecular complexity index is 1620. The third-order valence-electron chi connectivity index (χ3n) is 8.64. The number of carbonyl (C=O) groups is 4. The van der Waals surface area contributed by atoms with E-state index in [-0.39, 0.29) is 24.0 Å². The monoisotopic (exact) mass is 572 g/mol. The molecule has 2 saturated carbocycles. The Morgan fingerprint density at radius 2 is 1.78 bits per heavy atom. The maximum Gasteiger partial charge on any atom is 0.262 e. The molecule has 0 bridgehead atoms. The van der Waals surface area contributed by atoms with E-state index in [0.717, 1.165) is 65.5 Å². The van der Waals surface area contributed by atoms with Gasteiger partial charge in [-0.05, 0) is 75.3 Å². The summed E-state index contributed by atoms with van der Waals surface area (Å²) >= 11 is 6.20. The molecule has 2 aliphatic carbocycles. The predicted octanol–water partition coefficient (Wildman–Crippen LogP) is 4.25. The number of aromatic nitrogens is 3. The fourth-order valence-corrected chi connectivity index (χ4v) is 6.17. The van der Waals surface area contributed by atoms with Crippen LogP contribution in [0, 0.1) is 12.8 Å². The number of amides is 4. The Morgan fingerprint density at radius 3 is 2.51 bits per heavy atom. The van der Waals surface area contributed by atoms with Crippen LogP contribution in [0.5, 0.6) is 0 Å². The molecule has 210 valence electrons. The van der Waals surface area contributed by atoms with Gasteiger partial charge in [-0.25, -0.2) is 0 Å². The highest BCUT2D eigenvalue weighted by atomic mass is 35.5. The first-order chi connectivity index (χ1) is 19.8. The van der Waals surface area contributed by atoms with Gasteiger partial charge in [-0.2, -0.15) is 5.10 Å². The van der Waals surface area contributed by atoms with Crippen molar-refractivity contribution >= 4 is 40.9 Å². The molecule has 1 aromatic carbocycles. The van der Waals surface area contributed by atoms with E-state index in [1.54, 1.807) is 18.2 Å². The summed E-state index contributed by atoms with van der Waals surface area (Å²) in [5.41, 5.74) is 5.26. The fourth-order valence-electron chi connectivity index (χ4n) is 6.07. The van der Waals surface area contributed by atoms with Crippen LogP contribution in [0.3, 0.4) is 0 Å². The van der Waals surface area contributed by atoms with Crippen molar-refractivity contribution in [3.05, 3.63) is 64.1 Å². The van der Waals surface area contributed by atoms with E-state index in [1.807, 2.05) is 19.1 Å². The number of imide groups is 2. The molecule has 0 radical (unpaired) electrons. The van der Waals surface area contributed by atoms with E-state index in [1.165, 1.54) is 0 Å². The molecule has 0 spiro atoms. The zero-order chi connectivity index (χ0) is 28.4. The molecule has 4 amide bonds. The highest BCUT2D eigenvalue weighted by Gasteiger charge is 2.44. The molecule has 2 N–H and O–H groups in total. The first-order valence-corrected chi connectivity index (χ1v) is 14.5. The summed E-state index contributed by atoms with van der Waals surface area (Å²) in [7, 11) is 0. The maximum atomic E-state index is 13.1. The number of halogens is 1. The number of piperidine rings is 1. The SMILES string of the molecule is Cc1nc(-c2cn([C@H]3C[C@H](CNc4ccc5c(c4)C(=O)N(C4CCC(=O)NC4=O)C5=O)C3)nc2C2CC2)ccc1Cl. The summed E-state index contributed by atoms with van der Waals surface area (Å²) in [6.45, 7) is 2.65. The predicted molar refractivity (Wildman–Crippen MR) is 151 cm³/mol. The lowest BCUT2D eigenvalue weighted by Gasteiger charge is -2.35. The Balaban J connectivity index is 0.991. The van der Waals surface area contributed by atoms with Crippen molar-refractivity contribution in [3.63, 3.8) is 0 Å². The van der Waals surface area contributed by atoms with Gasteiger partial charge in [-0.3, -0.25) is 39.1 Å². The molecule has 4 aliphatic rings. The summed E-state index contributed by atoms with van der Waals surface area (Å²) < 4.78 is 2.11. The fraction of sp³-hybridized carbons (Fsp3) is 0.400. The van der Waals surface area contributed by atoms with Crippen molar-refractivity contribution in [3.8, 4) is 11.3 Å². The minimum absolute atomic E-state index is 0.0957. The lowest BCUT2D eigenvalue weighted by atomic mass is 9.80. The smallest absolute Gasteiger partial charge is 0.262 e. The third kappa shape index (κ3) is 4.60. The number of nitrogens with one attached hydrogen (secondary N) is 2. The standard InChI is InChI=1S/C30H29ClN6O4/c1-15-23(31)6-7-24(33-15)22-14-36(35-27(22)17-2-3-17)19-10-16(11-19)13-32-18-4-5-20-21(12-18)30(41)37(29(20)40)25-8-9-26(38)34-28(25)39/h4-7,12,14,16-17,19,25,32H,2-3,8-11,13H2,1H3,(H,34,38,39)/t16-,19-,25?. The number of anilines is 1. The number of aryl methyl sites for hydroxylation is 1. The lowest BCUT2D eigenvalue weighted by Crippen LogP contribution is -2.54. The maximum absolute atomic E-state index is 13.1. The molecule has 3 fully saturated rings. The average Bonchev–Trinajstić information content (AvgIpc) is 3.63. The third-order valence-corrected chi connectivity index (χ3v) is 9.04. The van der Waals surface area contributed by atoms with Gasteiger partial charge in [0.2, 0.25) is 11.8 Å². The van der Waals surface area contributed by atoms with E-state index in [0.29, 0.717) is 22.9 Å². The molecule has 1 atom stereocenters. The molecule has 41 heavy (non-hydrogen) atoms. The summed E-state index contributed by atoms with van der Waals surface area (Å²) in [4.78, 5) is 55.5. The van der Waals surface area contributed by atoms with E-state index in [9.17, 15) is 19.2 Å². The molecule has 1 saturated heterocycles. The zero-order valence-electron chi connectivity index (χ0n) is 22.5. The van der Waals surface area contributed by atoms with Crippen LogP contribution in [0.25, 0.3) is 11.3 Å². The summed E-state index contributed by atoms with van der Waals surface area (Å²) in [6.07, 6.45) is 6.66. The highest BCUT2D eigenvalue weighted by Crippen LogP contribution is 2.45. The van der Waals surface area contributed by atoms with Gasteiger partial charge < -0.3 is 5.32 Å². The van der Waals surface area contributed by atoms with Crippen LogP contribution in [0.15, 0.2) is 36.5 Å². The van der Waals surface area contributed by atoms with Gasteiger partial charge in [0.05, 0.1) is 39.3 Å². The molecule has 10 nitrogen and oxygen atoms in total. The Kier molecular flexibility index (Phi) is 6.19. The largest absolute Gasteiger partial charge is 0.385 e. The molecule has 1 unspecified atom stereocenters. The van der Waals surface area contributed by atoms with Crippen LogP contribution in [0.2, 0.25) is 5.02 Å². The second-order valence-corrected chi connectivity index (χ2v) is 11.9. The Labute approximate surface area is 241 Å². The molecule has 3 aromatic rings.